The molecule has 3 aromatic rings. The lowest BCUT2D eigenvalue weighted by Crippen LogP contribution is -2.26. The van der Waals surface area contributed by atoms with Crippen molar-refractivity contribution in [1.29, 1.82) is 0 Å². The number of carbonyl (C=O) groups is 1. The average molecular weight is 460 g/mol. The number of nitrogens with one attached hydrogen (secondary N) is 1. The Kier molecular flexibility index (Phi) is 6.16. The Morgan fingerprint density at radius 2 is 1.48 bits per heavy atom. The first-order valence-electron chi connectivity index (χ1n) is 9.08. The highest BCUT2D eigenvalue weighted by Gasteiger charge is 2.22. The molecule has 1 amide bonds. The van der Waals surface area contributed by atoms with Crippen LogP contribution in [0.5, 0.6) is 0 Å². The SMILES string of the molecule is Cc1ccc(N(C)S(=O)(=O)c2cccc(C(=O)Nc3cccc(S(N)(=O)=O)c3)c2)cc1. The van der Waals surface area contributed by atoms with Crippen molar-refractivity contribution in [3.05, 3.63) is 83.9 Å². The van der Waals surface area contributed by atoms with Gasteiger partial charge in [0.25, 0.3) is 15.9 Å². The van der Waals surface area contributed by atoms with Gasteiger partial charge in [-0.2, -0.15) is 0 Å². The van der Waals surface area contributed by atoms with Gasteiger partial charge in [-0.1, -0.05) is 29.8 Å². The molecular formula is C21H21N3O5S2. The second kappa shape index (κ2) is 8.50. The molecule has 3 rings (SSSR count). The van der Waals surface area contributed by atoms with E-state index < -0.39 is 26.0 Å². The lowest BCUT2D eigenvalue weighted by molar-refractivity contribution is 0.102. The Labute approximate surface area is 181 Å². The van der Waals surface area contributed by atoms with Gasteiger partial charge in [0.05, 0.1) is 15.5 Å². The summed E-state index contributed by atoms with van der Waals surface area (Å²) in [5, 5.41) is 7.66. The van der Waals surface area contributed by atoms with Crippen molar-refractivity contribution in [2.45, 2.75) is 16.7 Å². The molecule has 0 unspecified atom stereocenters. The van der Waals surface area contributed by atoms with Crippen LogP contribution < -0.4 is 14.8 Å². The van der Waals surface area contributed by atoms with Crippen LogP contribution in [-0.2, 0) is 20.0 Å². The first-order valence-corrected chi connectivity index (χ1v) is 12.1. The van der Waals surface area contributed by atoms with Crippen LogP contribution in [0.15, 0.2) is 82.6 Å². The summed E-state index contributed by atoms with van der Waals surface area (Å²) < 4.78 is 50.2. The zero-order chi connectivity index (χ0) is 22.8. The topological polar surface area (TPSA) is 127 Å². The number of hydrogen-bond donors (Lipinski definition) is 2. The molecule has 0 aliphatic rings. The maximum Gasteiger partial charge on any atom is 0.264 e. The normalized spacial score (nSPS) is 11.7. The van der Waals surface area contributed by atoms with Crippen LogP contribution in [0.25, 0.3) is 0 Å². The number of anilines is 2. The predicted octanol–water partition coefficient (Wildman–Crippen LogP) is 2.72. The van der Waals surface area contributed by atoms with E-state index in [0.717, 1.165) is 9.87 Å². The zero-order valence-corrected chi connectivity index (χ0v) is 18.4. The van der Waals surface area contributed by atoms with Gasteiger partial charge >= 0.3 is 0 Å². The third kappa shape index (κ3) is 5.10. The van der Waals surface area contributed by atoms with Crippen molar-refractivity contribution in [3.8, 4) is 0 Å². The maximum atomic E-state index is 13.0. The number of rotatable bonds is 6. The predicted molar refractivity (Wildman–Crippen MR) is 119 cm³/mol. The van der Waals surface area contributed by atoms with Gasteiger partial charge in [0, 0.05) is 18.3 Å². The fraction of sp³-hybridized carbons (Fsp3) is 0.0952. The first-order chi connectivity index (χ1) is 14.5. The third-order valence-electron chi connectivity index (χ3n) is 4.57. The highest BCUT2D eigenvalue weighted by molar-refractivity contribution is 7.92. The van der Waals surface area contributed by atoms with Crippen LogP contribution in [0.2, 0.25) is 0 Å². The number of sulfonamides is 2. The first kappa shape index (κ1) is 22.5. The van der Waals surface area contributed by atoms with Gasteiger partial charge in [-0.25, -0.2) is 22.0 Å². The van der Waals surface area contributed by atoms with Crippen LogP contribution in [0.4, 0.5) is 11.4 Å². The number of benzene rings is 3. The maximum absolute atomic E-state index is 13.0. The minimum atomic E-state index is -3.93. The van der Waals surface area contributed by atoms with Crippen LogP contribution in [0, 0.1) is 6.92 Å². The van der Waals surface area contributed by atoms with Crippen molar-refractivity contribution < 1.29 is 21.6 Å². The van der Waals surface area contributed by atoms with E-state index in [4.69, 9.17) is 5.14 Å². The van der Waals surface area contributed by atoms with Crippen molar-refractivity contribution in [2.75, 3.05) is 16.7 Å². The lowest BCUT2D eigenvalue weighted by atomic mass is 10.2. The summed E-state index contributed by atoms with van der Waals surface area (Å²) in [5.74, 6) is -0.596. The molecule has 10 heteroatoms. The quantitative estimate of drug-likeness (QED) is 0.586. The smallest absolute Gasteiger partial charge is 0.264 e. The van der Waals surface area contributed by atoms with Gasteiger partial charge in [0.15, 0.2) is 0 Å². The number of amides is 1. The summed E-state index contributed by atoms with van der Waals surface area (Å²) in [6, 6.07) is 18.1. The molecule has 162 valence electrons. The molecule has 0 aliphatic heterocycles. The molecule has 0 radical (unpaired) electrons. The van der Waals surface area contributed by atoms with Gasteiger partial charge in [-0.05, 0) is 55.5 Å². The number of nitrogens with two attached hydrogens (primary N) is 1. The fourth-order valence-electron chi connectivity index (χ4n) is 2.80. The van der Waals surface area contributed by atoms with Crippen molar-refractivity contribution in [1.82, 2.24) is 0 Å². The molecule has 0 aliphatic carbocycles. The zero-order valence-electron chi connectivity index (χ0n) is 16.8. The number of primary sulfonamides is 1. The Morgan fingerprint density at radius 3 is 2.13 bits per heavy atom. The molecule has 0 saturated carbocycles. The molecule has 0 fully saturated rings. The van der Waals surface area contributed by atoms with Crippen LogP contribution in [0.3, 0.4) is 0 Å². The van der Waals surface area contributed by atoms with Gasteiger partial charge in [-0.15, -0.1) is 0 Å². The number of aryl methyl sites for hydroxylation is 1. The molecular weight excluding hydrogens is 438 g/mol. The Balaban J connectivity index is 1.87. The minimum absolute atomic E-state index is 0.0542. The molecule has 31 heavy (non-hydrogen) atoms. The van der Waals surface area contributed by atoms with Crippen molar-refractivity contribution in [3.63, 3.8) is 0 Å². The monoisotopic (exact) mass is 459 g/mol. The minimum Gasteiger partial charge on any atom is -0.322 e. The standard InChI is InChI=1S/C21H21N3O5S2/c1-15-9-11-18(12-10-15)24(2)31(28,29)20-8-3-5-16(13-20)21(25)23-17-6-4-7-19(14-17)30(22,26)27/h3-14H,1-2H3,(H,23,25)(H2,22,26,27). The van der Waals surface area contributed by atoms with Crippen molar-refractivity contribution >= 4 is 37.3 Å². The summed E-state index contributed by atoms with van der Waals surface area (Å²) in [7, 11) is -6.39. The molecule has 3 N–H and O–H groups in total. The van der Waals surface area contributed by atoms with Gasteiger partial charge < -0.3 is 5.32 Å². The number of carbonyl (C=O) groups excluding carboxylic acids is 1. The summed E-state index contributed by atoms with van der Waals surface area (Å²) in [5.41, 5.74) is 1.79. The molecule has 0 aromatic heterocycles. The Hall–Kier alpha value is -3.21. The molecule has 0 saturated heterocycles. The van der Waals surface area contributed by atoms with E-state index in [-0.39, 0.29) is 21.0 Å². The molecule has 0 bridgehead atoms. The summed E-state index contributed by atoms with van der Waals surface area (Å²) in [4.78, 5) is 12.4. The number of nitrogens with zero attached hydrogens (tertiary/aromatic N) is 1. The second-order valence-corrected chi connectivity index (χ2v) is 10.4. The number of hydrogen-bond acceptors (Lipinski definition) is 5. The van der Waals surface area contributed by atoms with E-state index in [0.29, 0.717) is 5.69 Å². The molecule has 3 aromatic carbocycles. The van der Waals surface area contributed by atoms with Crippen LogP contribution in [0.1, 0.15) is 15.9 Å². The summed E-state index contributed by atoms with van der Waals surface area (Å²) in [6.07, 6.45) is 0. The molecule has 0 atom stereocenters. The largest absolute Gasteiger partial charge is 0.322 e. The highest BCUT2D eigenvalue weighted by atomic mass is 32.2. The van der Waals surface area contributed by atoms with Crippen molar-refractivity contribution in [2.24, 2.45) is 5.14 Å². The Bertz CT molecular complexity index is 1340. The molecule has 8 nitrogen and oxygen atoms in total. The summed E-state index contributed by atoms with van der Waals surface area (Å²) >= 11 is 0. The average Bonchev–Trinajstić information content (AvgIpc) is 2.73. The van der Waals surface area contributed by atoms with E-state index in [9.17, 15) is 21.6 Å². The van der Waals surface area contributed by atoms with E-state index in [1.54, 1.807) is 24.3 Å². The van der Waals surface area contributed by atoms with E-state index in [2.05, 4.69) is 5.32 Å². The Morgan fingerprint density at radius 1 is 0.871 bits per heavy atom. The van der Waals surface area contributed by atoms with Gasteiger partial charge in [0.2, 0.25) is 10.0 Å². The third-order valence-corrected chi connectivity index (χ3v) is 7.27. The van der Waals surface area contributed by atoms with Gasteiger partial charge in [0.1, 0.15) is 0 Å². The van der Waals surface area contributed by atoms with Crippen LogP contribution in [-0.4, -0.2) is 29.8 Å². The second-order valence-electron chi connectivity index (χ2n) is 6.86. The van der Waals surface area contributed by atoms with Crippen LogP contribution >= 0.6 is 0 Å². The lowest BCUT2D eigenvalue weighted by Gasteiger charge is -2.20. The summed E-state index contributed by atoms with van der Waals surface area (Å²) in [6.45, 7) is 1.90. The van der Waals surface area contributed by atoms with E-state index in [1.807, 2.05) is 6.92 Å². The van der Waals surface area contributed by atoms with Gasteiger partial charge in [-0.3, -0.25) is 9.10 Å². The fourth-order valence-corrected chi connectivity index (χ4v) is 4.60. The van der Waals surface area contributed by atoms with E-state index in [1.165, 1.54) is 55.6 Å². The van der Waals surface area contributed by atoms with E-state index >= 15 is 0 Å². The molecule has 0 heterocycles. The molecule has 0 spiro atoms. The highest BCUT2D eigenvalue weighted by Crippen LogP contribution is 2.23.